The fourth-order valence-electron chi connectivity index (χ4n) is 3.83. The normalized spacial score (nSPS) is 19.0. The molecule has 0 radical (unpaired) electrons. The third-order valence-corrected chi connectivity index (χ3v) is 5.60. The second-order valence-electron chi connectivity index (χ2n) is 7.95. The summed E-state index contributed by atoms with van der Waals surface area (Å²) >= 11 is 0. The van der Waals surface area contributed by atoms with Crippen molar-refractivity contribution >= 4 is 11.9 Å². The number of likely N-dealkylation sites (tertiary alicyclic amines) is 1. The van der Waals surface area contributed by atoms with E-state index >= 15 is 0 Å². The molecular formula is C23H27N3O2. The number of urea groups is 1. The summed E-state index contributed by atoms with van der Waals surface area (Å²) in [6.45, 7) is 1.90. The van der Waals surface area contributed by atoms with Crippen LogP contribution in [0.3, 0.4) is 0 Å². The van der Waals surface area contributed by atoms with Gasteiger partial charge in [0.15, 0.2) is 0 Å². The number of hydrogen-bond acceptors (Lipinski definition) is 2. The minimum Gasteiger partial charge on any atom is -0.339 e. The Bertz CT molecular complexity index is 831. The van der Waals surface area contributed by atoms with Crippen LogP contribution in [0.5, 0.6) is 0 Å². The van der Waals surface area contributed by atoms with E-state index in [-0.39, 0.29) is 17.9 Å². The minimum atomic E-state index is -0.0931. The number of carbonyl (C=O) groups is 2. The number of benzene rings is 2. The number of nitrogens with one attached hydrogen (secondary N) is 1. The smallest absolute Gasteiger partial charge is 0.317 e. The number of nitrogens with zero attached hydrogens (tertiary/aromatic N) is 2. The number of hydrogen-bond donors (Lipinski definition) is 1. The van der Waals surface area contributed by atoms with Gasteiger partial charge in [-0.3, -0.25) is 4.79 Å². The second-order valence-corrected chi connectivity index (χ2v) is 7.95. The molecule has 0 spiro atoms. The van der Waals surface area contributed by atoms with Gasteiger partial charge in [0.05, 0.1) is 0 Å². The zero-order valence-corrected chi connectivity index (χ0v) is 16.3. The van der Waals surface area contributed by atoms with Crippen molar-refractivity contribution < 1.29 is 9.59 Å². The predicted octanol–water partition coefficient (Wildman–Crippen LogP) is 3.51. The van der Waals surface area contributed by atoms with Gasteiger partial charge in [0, 0.05) is 45.1 Å². The molecule has 1 saturated heterocycles. The Kier molecular flexibility index (Phi) is 5.33. The molecule has 3 amide bonds. The summed E-state index contributed by atoms with van der Waals surface area (Å²) in [4.78, 5) is 28.1. The lowest BCUT2D eigenvalue weighted by atomic mass is 10.0. The third-order valence-electron chi connectivity index (χ3n) is 5.60. The molecule has 146 valence electrons. The van der Waals surface area contributed by atoms with Crippen LogP contribution in [0.1, 0.15) is 24.8 Å². The van der Waals surface area contributed by atoms with Gasteiger partial charge in [-0.15, -0.1) is 0 Å². The van der Waals surface area contributed by atoms with Gasteiger partial charge in [-0.2, -0.15) is 0 Å². The fourth-order valence-corrected chi connectivity index (χ4v) is 3.83. The molecule has 1 heterocycles. The molecule has 4 rings (SSSR count). The van der Waals surface area contributed by atoms with E-state index in [0.29, 0.717) is 25.6 Å². The summed E-state index contributed by atoms with van der Waals surface area (Å²) in [5.41, 5.74) is 3.45. The van der Waals surface area contributed by atoms with Crippen LogP contribution in [0.15, 0.2) is 54.6 Å². The van der Waals surface area contributed by atoms with Crippen LogP contribution in [-0.4, -0.2) is 47.9 Å². The first kappa shape index (κ1) is 18.5. The van der Waals surface area contributed by atoms with Crippen LogP contribution < -0.4 is 5.32 Å². The minimum absolute atomic E-state index is 0.0931. The van der Waals surface area contributed by atoms with Crippen molar-refractivity contribution in [2.75, 3.05) is 20.1 Å². The van der Waals surface area contributed by atoms with E-state index in [2.05, 4.69) is 41.7 Å². The summed E-state index contributed by atoms with van der Waals surface area (Å²) in [6, 6.07) is 18.9. The Morgan fingerprint density at radius 2 is 1.75 bits per heavy atom. The SMILES string of the molecule is CN(Cc1ccc(-c2ccccc2)cc1)C(=O)NC[C@@H]1CC(=O)N(C2CC2)C1. The molecular weight excluding hydrogens is 350 g/mol. The quantitative estimate of drug-likeness (QED) is 0.838. The van der Waals surface area contributed by atoms with Crippen molar-refractivity contribution in [2.45, 2.75) is 31.8 Å². The van der Waals surface area contributed by atoms with E-state index < -0.39 is 0 Å². The summed E-state index contributed by atoms with van der Waals surface area (Å²) in [6.07, 6.45) is 2.83. The van der Waals surface area contributed by atoms with Crippen LogP contribution >= 0.6 is 0 Å². The monoisotopic (exact) mass is 377 g/mol. The molecule has 1 saturated carbocycles. The number of amides is 3. The van der Waals surface area contributed by atoms with Gasteiger partial charge in [0.2, 0.25) is 5.91 Å². The van der Waals surface area contributed by atoms with Crippen molar-refractivity contribution in [2.24, 2.45) is 5.92 Å². The first-order valence-electron chi connectivity index (χ1n) is 10.0. The largest absolute Gasteiger partial charge is 0.339 e. The third kappa shape index (κ3) is 4.35. The second kappa shape index (κ2) is 8.05. The molecule has 1 aliphatic heterocycles. The van der Waals surface area contributed by atoms with Gasteiger partial charge < -0.3 is 15.1 Å². The van der Waals surface area contributed by atoms with Crippen LogP contribution in [0.25, 0.3) is 11.1 Å². The van der Waals surface area contributed by atoms with Gasteiger partial charge in [-0.25, -0.2) is 4.79 Å². The summed E-state index contributed by atoms with van der Waals surface area (Å²) < 4.78 is 0. The maximum atomic E-state index is 12.4. The van der Waals surface area contributed by atoms with Gasteiger partial charge in [0.25, 0.3) is 0 Å². The summed E-state index contributed by atoms with van der Waals surface area (Å²) in [5, 5.41) is 2.99. The van der Waals surface area contributed by atoms with Gasteiger partial charge in [0.1, 0.15) is 0 Å². The first-order valence-corrected chi connectivity index (χ1v) is 10.0. The highest BCUT2D eigenvalue weighted by Gasteiger charge is 2.39. The van der Waals surface area contributed by atoms with E-state index in [0.717, 1.165) is 24.9 Å². The lowest BCUT2D eigenvalue weighted by Gasteiger charge is -2.20. The van der Waals surface area contributed by atoms with Crippen LogP contribution in [0.2, 0.25) is 0 Å². The Labute approximate surface area is 166 Å². The Morgan fingerprint density at radius 1 is 1.07 bits per heavy atom. The molecule has 0 bridgehead atoms. The van der Waals surface area contributed by atoms with Crippen molar-refractivity contribution in [1.29, 1.82) is 0 Å². The maximum absolute atomic E-state index is 12.4. The van der Waals surface area contributed by atoms with Gasteiger partial charge >= 0.3 is 6.03 Å². The maximum Gasteiger partial charge on any atom is 0.317 e. The van der Waals surface area contributed by atoms with Crippen LogP contribution in [-0.2, 0) is 11.3 Å². The number of rotatable bonds is 6. The highest BCUT2D eigenvalue weighted by atomic mass is 16.2. The molecule has 0 aromatic heterocycles. The molecule has 2 fully saturated rings. The number of carbonyl (C=O) groups excluding carboxylic acids is 2. The molecule has 5 nitrogen and oxygen atoms in total. The van der Waals surface area contributed by atoms with Crippen molar-refractivity contribution in [3.63, 3.8) is 0 Å². The zero-order valence-electron chi connectivity index (χ0n) is 16.3. The van der Waals surface area contributed by atoms with E-state index in [9.17, 15) is 9.59 Å². The highest BCUT2D eigenvalue weighted by Crippen LogP contribution is 2.32. The van der Waals surface area contributed by atoms with Crippen molar-refractivity contribution in [3.8, 4) is 11.1 Å². The standard InChI is InChI=1S/C23H27N3O2/c1-25(15-17-7-9-20(10-8-17)19-5-3-2-4-6-19)23(28)24-14-18-13-22(27)26(16-18)21-11-12-21/h2-10,18,21H,11-16H2,1H3,(H,24,28)/t18-/m0/s1. The molecule has 2 aromatic carbocycles. The van der Waals surface area contributed by atoms with Crippen LogP contribution in [0, 0.1) is 5.92 Å². The highest BCUT2D eigenvalue weighted by molar-refractivity contribution is 5.79. The topological polar surface area (TPSA) is 52.7 Å². The molecule has 5 heteroatoms. The lowest BCUT2D eigenvalue weighted by Crippen LogP contribution is -2.39. The average Bonchev–Trinajstić information content (AvgIpc) is 3.49. The first-order chi connectivity index (χ1) is 13.6. The lowest BCUT2D eigenvalue weighted by molar-refractivity contribution is -0.128. The van der Waals surface area contributed by atoms with E-state index in [1.807, 2.05) is 23.1 Å². The fraction of sp³-hybridized carbons (Fsp3) is 0.391. The molecule has 2 aromatic rings. The zero-order chi connectivity index (χ0) is 19.5. The summed E-state index contributed by atoms with van der Waals surface area (Å²) in [7, 11) is 1.80. The van der Waals surface area contributed by atoms with E-state index in [4.69, 9.17) is 0 Å². The molecule has 28 heavy (non-hydrogen) atoms. The molecule has 1 aliphatic carbocycles. The molecule has 1 atom stereocenters. The average molecular weight is 377 g/mol. The van der Waals surface area contributed by atoms with Gasteiger partial charge in [-0.1, -0.05) is 54.6 Å². The van der Waals surface area contributed by atoms with Crippen molar-refractivity contribution in [1.82, 2.24) is 15.1 Å². The van der Waals surface area contributed by atoms with E-state index in [1.165, 1.54) is 11.1 Å². The Morgan fingerprint density at radius 3 is 2.43 bits per heavy atom. The van der Waals surface area contributed by atoms with Crippen molar-refractivity contribution in [3.05, 3.63) is 60.2 Å². The molecule has 0 unspecified atom stereocenters. The van der Waals surface area contributed by atoms with Crippen LogP contribution in [0.4, 0.5) is 4.79 Å². The molecule has 2 aliphatic rings. The van der Waals surface area contributed by atoms with E-state index in [1.54, 1.807) is 11.9 Å². The summed E-state index contributed by atoms with van der Waals surface area (Å²) in [5.74, 6) is 0.476. The Hall–Kier alpha value is -2.82. The Balaban J connectivity index is 1.26. The predicted molar refractivity (Wildman–Crippen MR) is 110 cm³/mol. The van der Waals surface area contributed by atoms with Gasteiger partial charge in [-0.05, 0) is 29.5 Å². The molecule has 1 N–H and O–H groups in total.